The highest BCUT2D eigenvalue weighted by Crippen LogP contribution is 2.23. The Bertz CT molecular complexity index is 933. The predicted molar refractivity (Wildman–Crippen MR) is 100 cm³/mol. The normalized spacial score (nSPS) is 13.8. The molecule has 1 fully saturated rings. The summed E-state index contributed by atoms with van der Waals surface area (Å²) in [6.07, 6.45) is 3.16. The van der Waals surface area contributed by atoms with Crippen LogP contribution in [-0.4, -0.2) is 28.6 Å². The molecule has 0 unspecified atom stereocenters. The van der Waals surface area contributed by atoms with E-state index in [2.05, 4.69) is 15.5 Å². The molecule has 6 heteroatoms. The number of hydrogen-bond acceptors (Lipinski definition) is 3. The topological polar surface area (TPSA) is 78.1 Å². The molecule has 2 aromatic carbocycles. The van der Waals surface area contributed by atoms with E-state index in [9.17, 15) is 9.59 Å². The highest BCUT2D eigenvalue weighted by molar-refractivity contribution is 6.05. The molecule has 0 radical (unpaired) electrons. The summed E-state index contributed by atoms with van der Waals surface area (Å²) in [7, 11) is 0. The molecule has 0 bridgehead atoms. The highest BCUT2D eigenvalue weighted by atomic mass is 16.2. The van der Waals surface area contributed by atoms with E-state index in [4.69, 9.17) is 0 Å². The van der Waals surface area contributed by atoms with Gasteiger partial charge in [0.05, 0.1) is 5.69 Å². The van der Waals surface area contributed by atoms with Gasteiger partial charge in [-0.3, -0.25) is 14.7 Å². The van der Waals surface area contributed by atoms with Gasteiger partial charge in [0.15, 0.2) is 0 Å². The van der Waals surface area contributed by atoms with Crippen molar-refractivity contribution in [2.45, 2.75) is 12.8 Å². The van der Waals surface area contributed by atoms with E-state index in [1.54, 1.807) is 23.2 Å². The fraction of sp³-hybridized carbons (Fsp3) is 0.150. The lowest BCUT2D eigenvalue weighted by Crippen LogP contribution is -2.23. The molecule has 130 valence electrons. The van der Waals surface area contributed by atoms with Crippen LogP contribution in [0, 0.1) is 0 Å². The molecule has 0 aliphatic carbocycles. The van der Waals surface area contributed by atoms with Crippen LogP contribution in [0.4, 0.5) is 11.4 Å². The van der Waals surface area contributed by atoms with E-state index < -0.39 is 0 Å². The summed E-state index contributed by atoms with van der Waals surface area (Å²) in [6, 6.07) is 16.6. The Morgan fingerprint density at radius 1 is 1.12 bits per heavy atom. The highest BCUT2D eigenvalue weighted by Gasteiger charge is 2.21. The molecule has 1 aliphatic heterocycles. The first-order valence-electron chi connectivity index (χ1n) is 8.52. The Balaban J connectivity index is 1.48. The zero-order chi connectivity index (χ0) is 17.9. The number of rotatable bonds is 4. The van der Waals surface area contributed by atoms with Crippen molar-refractivity contribution in [3.05, 3.63) is 66.4 Å². The number of nitrogens with zero attached hydrogens (tertiary/aromatic N) is 2. The van der Waals surface area contributed by atoms with Crippen LogP contribution in [0.5, 0.6) is 0 Å². The smallest absolute Gasteiger partial charge is 0.255 e. The van der Waals surface area contributed by atoms with E-state index in [1.165, 1.54) is 0 Å². The third-order valence-corrected chi connectivity index (χ3v) is 4.45. The monoisotopic (exact) mass is 346 g/mol. The van der Waals surface area contributed by atoms with E-state index in [1.807, 2.05) is 42.5 Å². The van der Waals surface area contributed by atoms with Crippen molar-refractivity contribution in [2.75, 3.05) is 16.8 Å². The number of benzene rings is 2. The minimum absolute atomic E-state index is 0.137. The maximum Gasteiger partial charge on any atom is 0.255 e. The summed E-state index contributed by atoms with van der Waals surface area (Å²) in [4.78, 5) is 26.1. The van der Waals surface area contributed by atoms with Gasteiger partial charge in [0.25, 0.3) is 5.91 Å². The molecule has 0 saturated carbocycles. The van der Waals surface area contributed by atoms with Gasteiger partial charge in [-0.1, -0.05) is 12.1 Å². The standard InChI is InChI=1S/C20H18N4O2/c25-19-5-2-12-24(19)17-8-6-14(7-9-17)20(26)22-16-4-1-3-15(13-16)18-10-11-21-23-18/h1,3-4,6-11,13H,2,5,12H2,(H,21,23)(H,22,26). The second-order valence-electron chi connectivity index (χ2n) is 6.20. The molecule has 2 N–H and O–H groups in total. The maximum absolute atomic E-state index is 12.5. The van der Waals surface area contributed by atoms with Gasteiger partial charge in [-0.05, 0) is 48.9 Å². The molecule has 2 heterocycles. The summed E-state index contributed by atoms with van der Waals surface area (Å²) in [5.74, 6) is -0.0520. The second kappa shape index (κ2) is 6.84. The van der Waals surface area contributed by atoms with Crippen LogP contribution in [0.3, 0.4) is 0 Å². The number of nitrogens with one attached hydrogen (secondary N) is 2. The summed E-state index contributed by atoms with van der Waals surface area (Å²) in [6.45, 7) is 0.741. The summed E-state index contributed by atoms with van der Waals surface area (Å²) in [5, 5.41) is 9.75. The van der Waals surface area contributed by atoms with E-state index in [0.717, 1.165) is 29.9 Å². The zero-order valence-corrected chi connectivity index (χ0v) is 14.1. The minimum atomic E-state index is -0.189. The molecule has 1 aromatic heterocycles. The number of carbonyl (C=O) groups excluding carboxylic acids is 2. The van der Waals surface area contributed by atoms with Crippen LogP contribution in [-0.2, 0) is 4.79 Å². The average Bonchev–Trinajstić information content (AvgIpc) is 3.34. The Labute approximate surface area is 150 Å². The van der Waals surface area contributed by atoms with Crippen molar-refractivity contribution in [1.29, 1.82) is 0 Å². The van der Waals surface area contributed by atoms with Crippen LogP contribution < -0.4 is 10.2 Å². The van der Waals surface area contributed by atoms with Crippen molar-refractivity contribution in [1.82, 2.24) is 10.2 Å². The van der Waals surface area contributed by atoms with E-state index in [-0.39, 0.29) is 11.8 Å². The molecule has 2 amide bonds. The number of amides is 2. The lowest BCUT2D eigenvalue weighted by atomic mass is 10.1. The lowest BCUT2D eigenvalue weighted by molar-refractivity contribution is -0.117. The first kappa shape index (κ1) is 16.1. The SMILES string of the molecule is O=C(Nc1cccc(-c2ccn[nH]2)c1)c1ccc(N2CCCC2=O)cc1. The number of hydrogen-bond donors (Lipinski definition) is 2. The van der Waals surface area contributed by atoms with Gasteiger partial charge in [0, 0.05) is 41.7 Å². The Morgan fingerprint density at radius 3 is 2.65 bits per heavy atom. The molecule has 0 spiro atoms. The maximum atomic E-state index is 12.5. The molecule has 0 atom stereocenters. The van der Waals surface area contributed by atoms with Crippen LogP contribution in [0.1, 0.15) is 23.2 Å². The van der Waals surface area contributed by atoms with E-state index >= 15 is 0 Å². The summed E-state index contributed by atoms with van der Waals surface area (Å²) < 4.78 is 0. The minimum Gasteiger partial charge on any atom is -0.322 e. The predicted octanol–water partition coefficient (Wildman–Crippen LogP) is 3.46. The number of aromatic amines is 1. The fourth-order valence-corrected chi connectivity index (χ4v) is 3.10. The average molecular weight is 346 g/mol. The molecule has 4 rings (SSSR count). The number of aromatic nitrogens is 2. The Kier molecular flexibility index (Phi) is 4.23. The summed E-state index contributed by atoms with van der Waals surface area (Å²) >= 11 is 0. The van der Waals surface area contributed by atoms with Gasteiger partial charge in [-0.15, -0.1) is 0 Å². The van der Waals surface area contributed by atoms with Crippen LogP contribution in [0.15, 0.2) is 60.8 Å². The van der Waals surface area contributed by atoms with Crippen molar-refractivity contribution in [3.63, 3.8) is 0 Å². The third kappa shape index (κ3) is 3.21. The van der Waals surface area contributed by atoms with Gasteiger partial charge in [-0.2, -0.15) is 5.10 Å². The van der Waals surface area contributed by atoms with Crippen molar-refractivity contribution in [2.24, 2.45) is 0 Å². The van der Waals surface area contributed by atoms with Gasteiger partial charge in [0.1, 0.15) is 0 Å². The first-order chi connectivity index (χ1) is 12.7. The number of anilines is 2. The van der Waals surface area contributed by atoms with Crippen molar-refractivity contribution in [3.8, 4) is 11.3 Å². The van der Waals surface area contributed by atoms with Crippen molar-refractivity contribution < 1.29 is 9.59 Å². The fourth-order valence-electron chi connectivity index (χ4n) is 3.10. The van der Waals surface area contributed by atoms with Crippen LogP contribution in [0.25, 0.3) is 11.3 Å². The quantitative estimate of drug-likeness (QED) is 0.759. The third-order valence-electron chi connectivity index (χ3n) is 4.45. The molecule has 6 nitrogen and oxygen atoms in total. The molecular formula is C20H18N4O2. The van der Waals surface area contributed by atoms with Crippen molar-refractivity contribution >= 4 is 23.2 Å². The van der Waals surface area contributed by atoms with Gasteiger partial charge < -0.3 is 10.2 Å². The Hall–Kier alpha value is -3.41. The molecular weight excluding hydrogens is 328 g/mol. The van der Waals surface area contributed by atoms with Crippen LogP contribution in [0.2, 0.25) is 0 Å². The molecule has 26 heavy (non-hydrogen) atoms. The second-order valence-corrected chi connectivity index (χ2v) is 6.20. The lowest BCUT2D eigenvalue weighted by Gasteiger charge is -2.15. The van der Waals surface area contributed by atoms with Gasteiger partial charge >= 0.3 is 0 Å². The molecule has 1 saturated heterocycles. The number of H-pyrrole nitrogens is 1. The summed E-state index contributed by atoms with van der Waals surface area (Å²) in [5.41, 5.74) is 3.93. The number of carbonyl (C=O) groups is 2. The Morgan fingerprint density at radius 2 is 1.96 bits per heavy atom. The zero-order valence-electron chi connectivity index (χ0n) is 14.1. The molecule has 1 aliphatic rings. The van der Waals surface area contributed by atoms with Crippen LogP contribution >= 0.6 is 0 Å². The van der Waals surface area contributed by atoms with E-state index in [0.29, 0.717) is 17.7 Å². The largest absolute Gasteiger partial charge is 0.322 e. The first-order valence-corrected chi connectivity index (χ1v) is 8.52. The van der Waals surface area contributed by atoms with Gasteiger partial charge in [0.2, 0.25) is 5.91 Å². The molecule has 3 aromatic rings. The van der Waals surface area contributed by atoms with Gasteiger partial charge in [-0.25, -0.2) is 0 Å².